The van der Waals surface area contributed by atoms with Crippen molar-refractivity contribution in [3.63, 3.8) is 0 Å². The number of nitrogens with two attached hydrogens (primary N) is 1. The molecule has 0 aliphatic carbocycles. The van der Waals surface area contributed by atoms with Crippen LogP contribution in [0.4, 0.5) is 11.4 Å². The van der Waals surface area contributed by atoms with Crippen LogP contribution in [0, 0.1) is 20.8 Å². The first-order chi connectivity index (χ1) is 9.20. The summed E-state index contributed by atoms with van der Waals surface area (Å²) in [5.74, 6) is 0. The molecule has 20 heavy (non-hydrogen) atoms. The zero-order chi connectivity index (χ0) is 15.1. The Kier molecular flexibility index (Phi) is 4.00. The van der Waals surface area contributed by atoms with Crippen molar-refractivity contribution in [1.82, 2.24) is 0 Å². The summed E-state index contributed by atoms with van der Waals surface area (Å²) in [7, 11) is -3.66. The van der Waals surface area contributed by atoms with Crippen LogP contribution in [0.2, 0.25) is 4.34 Å². The molecule has 0 aliphatic rings. The number of hydrogen-bond donors (Lipinski definition) is 2. The van der Waals surface area contributed by atoms with Gasteiger partial charge in [-0.25, -0.2) is 8.42 Å². The molecule has 1 aromatic carbocycles. The average molecular weight is 331 g/mol. The number of halogens is 1. The molecule has 3 N–H and O–H groups in total. The fraction of sp³-hybridized carbons (Fsp3) is 0.231. The molecule has 108 valence electrons. The standard InChI is InChI=1S/C13H15ClN2O2S2/c1-7-4-10(15)11(5-8(7)2)16-20(17,18)12-6-9(3)13(14)19-12/h4-6,16H,15H2,1-3H3. The van der Waals surface area contributed by atoms with Gasteiger partial charge in [-0.1, -0.05) is 11.6 Å². The predicted molar refractivity (Wildman–Crippen MR) is 85.2 cm³/mol. The van der Waals surface area contributed by atoms with Crippen molar-refractivity contribution in [2.45, 2.75) is 25.0 Å². The van der Waals surface area contributed by atoms with Crippen LogP contribution in [-0.4, -0.2) is 8.42 Å². The highest BCUT2D eigenvalue weighted by atomic mass is 35.5. The summed E-state index contributed by atoms with van der Waals surface area (Å²) in [5.41, 5.74) is 9.37. The van der Waals surface area contributed by atoms with Gasteiger partial charge >= 0.3 is 0 Å². The van der Waals surface area contributed by atoms with E-state index < -0.39 is 10.0 Å². The number of nitrogen functional groups attached to an aromatic ring is 1. The SMILES string of the molecule is Cc1cc(N)c(NS(=O)(=O)c2cc(C)c(Cl)s2)cc1C. The van der Waals surface area contributed by atoms with Gasteiger partial charge in [-0.05, 0) is 55.7 Å². The van der Waals surface area contributed by atoms with Gasteiger partial charge in [0.1, 0.15) is 4.21 Å². The first-order valence-corrected chi connectivity index (χ1v) is 8.54. The molecule has 0 spiro atoms. The number of sulfonamides is 1. The topological polar surface area (TPSA) is 72.2 Å². The minimum atomic E-state index is -3.66. The lowest BCUT2D eigenvalue weighted by molar-refractivity contribution is 0.603. The summed E-state index contributed by atoms with van der Waals surface area (Å²) in [6.07, 6.45) is 0. The predicted octanol–water partition coefficient (Wildman–Crippen LogP) is 3.71. The second-order valence-corrected chi connectivity index (χ2v) is 8.21. The van der Waals surface area contributed by atoms with Crippen LogP contribution in [0.25, 0.3) is 0 Å². The van der Waals surface area contributed by atoms with Crippen LogP contribution in [0.1, 0.15) is 16.7 Å². The molecule has 0 bridgehead atoms. The number of rotatable bonds is 3. The van der Waals surface area contributed by atoms with Crippen molar-refractivity contribution in [2.75, 3.05) is 10.5 Å². The Bertz CT molecular complexity index is 747. The Morgan fingerprint density at radius 3 is 2.25 bits per heavy atom. The third-order valence-electron chi connectivity index (χ3n) is 3.01. The third kappa shape index (κ3) is 2.92. The zero-order valence-electron chi connectivity index (χ0n) is 11.3. The largest absolute Gasteiger partial charge is 0.397 e. The first kappa shape index (κ1) is 15.2. The van der Waals surface area contributed by atoms with Crippen molar-refractivity contribution in [1.29, 1.82) is 0 Å². The molecule has 1 aromatic heterocycles. The van der Waals surface area contributed by atoms with Crippen molar-refractivity contribution < 1.29 is 8.42 Å². The Balaban J connectivity index is 2.40. The second kappa shape index (κ2) is 5.27. The molecule has 0 unspecified atom stereocenters. The third-order valence-corrected chi connectivity index (χ3v) is 6.40. The van der Waals surface area contributed by atoms with E-state index in [4.69, 9.17) is 17.3 Å². The highest BCUT2D eigenvalue weighted by Crippen LogP contribution is 2.32. The van der Waals surface area contributed by atoms with Crippen molar-refractivity contribution >= 4 is 44.3 Å². The smallest absolute Gasteiger partial charge is 0.271 e. The summed E-state index contributed by atoms with van der Waals surface area (Å²) < 4.78 is 27.8. The van der Waals surface area contributed by atoms with Crippen molar-refractivity contribution in [2.24, 2.45) is 0 Å². The maximum Gasteiger partial charge on any atom is 0.271 e. The van der Waals surface area contributed by atoms with E-state index in [0.29, 0.717) is 15.7 Å². The van der Waals surface area contributed by atoms with Gasteiger partial charge < -0.3 is 5.73 Å². The number of anilines is 2. The van der Waals surface area contributed by atoms with E-state index in [1.165, 1.54) is 0 Å². The van der Waals surface area contributed by atoms with Crippen LogP contribution in [0.5, 0.6) is 0 Å². The lowest BCUT2D eigenvalue weighted by atomic mass is 10.1. The summed E-state index contributed by atoms with van der Waals surface area (Å²) in [5, 5.41) is 0. The number of thiophene rings is 1. The van der Waals surface area contributed by atoms with Gasteiger partial charge in [-0.15, -0.1) is 11.3 Å². The Hall–Kier alpha value is -1.24. The highest BCUT2D eigenvalue weighted by Gasteiger charge is 2.19. The molecule has 7 heteroatoms. The average Bonchev–Trinajstić information content (AvgIpc) is 2.67. The number of benzene rings is 1. The van der Waals surface area contributed by atoms with Crippen LogP contribution >= 0.6 is 22.9 Å². The zero-order valence-corrected chi connectivity index (χ0v) is 13.7. The van der Waals surface area contributed by atoms with Crippen LogP contribution < -0.4 is 10.5 Å². The van der Waals surface area contributed by atoms with Crippen molar-refractivity contribution in [3.8, 4) is 0 Å². The molecule has 0 fully saturated rings. The molecule has 0 aliphatic heterocycles. The monoisotopic (exact) mass is 330 g/mol. The normalized spacial score (nSPS) is 11.6. The first-order valence-electron chi connectivity index (χ1n) is 5.86. The molecule has 0 amide bonds. The molecular weight excluding hydrogens is 316 g/mol. The fourth-order valence-electron chi connectivity index (χ4n) is 1.69. The van der Waals surface area contributed by atoms with Crippen LogP contribution in [0.3, 0.4) is 0 Å². The van der Waals surface area contributed by atoms with Gasteiger partial charge in [0.25, 0.3) is 10.0 Å². The molecule has 1 heterocycles. The highest BCUT2D eigenvalue weighted by molar-refractivity contribution is 7.94. The maximum atomic E-state index is 12.3. The van der Waals surface area contributed by atoms with Gasteiger partial charge in [0.05, 0.1) is 15.7 Å². The van der Waals surface area contributed by atoms with Gasteiger partial charge in [0.2, 0.25) is 0 Å². The van der Waals surface area contributed by atoms with E-state index in [1.807, 2.05) is 13.8 Å². The summed E-state index contributed by atoms with van der Waals surface area (Å²) in [6, 6.07) is 5.02. The molecule has 0 saturated heterocycles. The maximum absolute atomic E-state index is 12.3. The molecule has 2 aromatic rings. The minimum Gasteiger partial charge on any atom is -0.397 e. The molecule has 4 nitrogen and oxygen atoms in total. The lowest BCUT2D eigenvalue weighted by Gasteiger charge is -2.11. The van der Waals surface area contributed by atoms with E-state index >= 15 is 0 Å². The van der Waals surface area contributed by atoms with E-state index in [-0.39, 0.29) is 4.21 Å². The van der Waals surface area contributed by atoms with E-state index in [9.17, 15) is 8.42 Å². The quantitative estimate of drug-likeness (QED) is 0.843. The van der Waals surface area contributed by atoms with Gasteiger partial charge in [-0.2, -0.15) is 0 Å². The summed E-state index contributed by atoms with van der Waals surface area (Å²) in [4.78, 5) is 0. The van der Waals surface area contributed by atoms with Gasteiger partial charge in [0.15, 0.2) is 0 Å². The van der Waals surface area contributed by atoms with E-state index in [1.54, 1.807) is 25.1 Å². The van der Waals surface area contributed by atoms with Crippen molar-refractivity contribution in [3.05, 3.63) is 39.2 Å². The molecule has 0 atom stereocenters. The number of aryl methyl sites for hydroxylation is 3. The summed E-state index contributed by atoms with van der Waals surface area (Å²) in [6.45, 7) is 5.59. The van der Waals surface area contributed by atoms with E-state index in [2.05, 4.69) is 4.72 Å². The molecule has 0 saturated carbocycles. The number of hydrogen-bond acceptors (Lipinski definition) is 4. The molecule has 0 radical (unpaired) electrons. The fourth-order valence-corrected chi connectivity index (χ4v) is 4.47. The second-order valence-electron chi connectivity index (χ2n) is 4.65. The van der Waals surface area contributed by atoms with Crippen LogP contribution in [0.15, 0.2) is 22.4 Å². The Morgan fingerprint density at radius 1 is 1.10 bits per heavy atom. The Labute approximate surface area is 127 Å². The Morgan fingerprint density at radius 2 is 1.70 bits per heavy atom. The summed E-state index contributed by atoms with van der Waals surface area (Å²) >= 11 is 6.95. The van der Waals surface area contributed by atoms with E-state index in [0.717, 1.165) is 28.0 Å². The minimum absolute atomic E-state index is 0.178. The molecule has 2 rings (SSSR count). The van der Waals surface area contributed by atoms with Crippen LogP contribution in [-0.2, 0) is 10.0 Å². The lowest BCUT2D eigenvalue weighted by Crippen LogP contribution is -2.13. The number of nitrogens with one attached hydrogen (secondary N) is 1. The van der Waals surface area contributed by atoms with Gasteiger partial charge in [-0.3, -0.25) is 4.72 Å². The molecular formula is C13H15ClN2O2S2. The van der Waals surface area contributed by atoms with Gasteiger partial charge in [0, 0.05) is 0 Å².